The topological polar surface area (TPSA) is 99.5 Å². The maximum Gasteiger partial charge on any atom is 0.414 e. The summed E-state index contributed by atoms with van der Waals surface area (Å²) >= 11 is 1.56. The van der Waals surface area contributed by atoms with Crippen LogP contribution in [0.3, 0.4) is 0 Å². The lowest BCUT2D eigenvalue weighted by Gasteiger charge is -2.38. The van der Waals surface area contributed by atoms with Crippen molar-refractivity contribution in [2.24, 2.45) is 0 Å². The van der Waals surface area contributed by atoms with Gasteiger partial charge >= 0.3 is 6.09 Å². The van der Waals surface area contributed by atoms with Gasteiger partial charge in [0.15, 0.2) is 17.7 Å². The minimum atomic E-state index is -1.46. The zero-order valence-corrected chi connectivity index (χ0v) is 19.8. The average molecular weight is 493 g/mol. The largest absolute Gasteiger partial charge is 0.493 e. The number of thiophene rings is 1. The van der Waals surface area contributed by atoms with Crippen molar-refractivity contribution < 1.29 is 29.3 Å². The summed E-state index contributed by atoms with van der Waals surface area (Å²) in [6.45, 7) is 0.482. The van der Waals surface area contributed by atoms with Crippen molar-refractivity contribution in [3.05, 3.63) is 82.1 Å². The van der Waals surface area contributed by atoms with Gasteiger partial charge in [0.1, 0.15) is 6.61 Å². The van der Waals surface area contributed by atoms with E-state index in [9.17, 15) is 19.8 Å². The molecule has 1 aromatic heterocycles. The molecule has 2 aliphatic heterocycles. The Morgan fingerprint density at radius 1 is 1.17 bits per heavy atom. The number of hydrogen-bond acceptors (Lipinski definition) is 6. The lowest BCUT2D eigenvalue weighted by molar-refractivity contribution is 0.0411. The summed E-state index contributed by atoms with van der Waals surface area (Å²) < 4.78 is 11.4. The number of carboxylic acid groups (broad SMARTS) is 1. The van der Waals surface area contributed by atoms with E-state index in [1.165, 1.54) is 24.1 Å². The van der Waals surface area contributed by atoms with E-state index < -0.39 is 18.4 Å². The third kappa shape index (κ3) is 4.24. The fourth-order valence-corrected chi connectivity index (χ4v) is 5.24. The van der Waals surface area contributed by atoms with Crippen molar-refractivity contribution in [1.82, 2.24) is 4.90 Å². The monoisotopic (exact) mass is 492 g/mol. The van der Waals surface area contributed by atoms with Gasteiger partial charge in [0.2, 0.25) is 0 Å². The van der Waals surface area contributed by atoms with Gasteiger partial charge < -0.3 is 24.6 Å². The normalized spacial score (nSPS) is 19.4. The first-order chi connectivity index (χ1) is 17.0. The van der Waals surface area contributed by atoms with Crippen LogP contribution in [0, 0.1) is 0 Å². The molecule has 0 bridgehead atoms. The molecule has 2 N–H and O–H groups in total. The van der Waals surface area contributed by atoms with Crippen LogP contribution < -0.4 is 14.4 Å². The van der Waals surface area contributed by atoms with E-state index in [1.54, 1.807) is 11.3 Å². The number of rotatable bonds is 5. The van der Waals surface area contributed by atoms with E-state index in [4.69, 9.17) is 9.47 Å². The Kier molecular flexibility index (Phi) is 6.19. The fraction of sp³-hybridized carbons (Fsp3) is 0.231. The van der Waals surface area contributed by atoms with Crippen LogP contribution in [0.1, 0.15) is 27.9 Å². The van der Waals surface area contributed by atoms with Gasteiger partial charge in [0.05, 0.1) is 24.4 Å². The predicted octanol–water partition coefficient (Wildman–Crippen LogP) is 4.45. The zero-order valence-electron chi connectivity index (χ0n) is 19.0. The fourth-order valence-electron chi connectivity index (χ4n) is 4.56. The zero-order chi connectivity index (χ0) is 24.5. The highest BCUT2D eigenvalue weighted by atomic mass is 32.1. The summed E-state index contributed by atoms with van der Waals surface area (Å²) in [6, 6.07) is 13.7. The average Bonchev–Trinajstić information content (AvgIpc) is 3.40. The van der Waals surface area contributed by atoms with Crippen molar-refractivity contribution in [3.63, 3.8) is 0 Å². The molecular weight excluding hydrogens is 468 g/mol. The van der Waals surface area contributed by atoms with Crippen molar-refractivity contribution in [1.29, 1.82) is 0 Å². The van der Waals surface area contributed by atoms with Gasteiger partial charge in [0, 0.05) is 12.6 Å². The predicted molar refractivity (Wildman–Crippen MR) is 132 cm³/mol. The van der Waals surface area contributed by atoms with Gasteiger partial charge in [-0.25, -0.2) is 9.69 Å². The number of aliphatic hydroxyl groups is 1. The van der Waals surface area contributed by atoms with Crippen LogP contribution in [0.4, 0.5) is 10.5 Å². The van der Waals surface area contributed by atoms with Gasteiger partial charge in [-0.3, -0.25) is 4.79 Å². The number of ether oxygens (including phenoxy) is 2. The number of carbonyl (C=O) groups excluding carboxylic acids is 1. The molecule has 2 aliphatic rings. The molecule has 9 heteroatoms. The summed E-state index contributed by atoms with van der Waals surface area (Å²) in [5.74, 6) is 0.206. The van der Waals surface area contributed by atoms with E-state index in [1.807, 2.05) is 53.2 Å². The van der Waals surface area contributed by atoms with Gasteiger partial charge in [-0.05, 0) is 46.0 Å². The van der Waals surface area contributed by atoms with Crippen LogP contribution in [0.25, 0.3) is 5.57 Å². The maximum absolute atomic E-state index is 13.6. The highest BCUT2D eigenvalue weighted by Gasteiger charge is 2.44. The van der Waals surface area contributed by atoms with Crippen LogP contribution in [0.15, 0.2) is 65.4 Å². The highest BCUT2D eigenvalue weighted by Crippen LogP contribution is 2.42. The lowest BCUT2D eigenvalue weighted by Crippen LogP contribution is -2.54. The highest BCUT2D eigenvalue weighted by molar-refractivity contribution is 7.08. The molecule has 8 nitrogen and oxygen atoms in total. The van der Waals surface area contributed by atoms with Gasteiger partial charge in [0.25, 0.3) is 5.91 Å². The first kappa shape index (κ1) is 22.9. The van der Waals surface area contributed by atoms with Gasteiger partial charge in [-0.1, -0.05) is 36.4 Å². The number of methoxy groups -OCH3 is 1. The summed E-state index contributed by atoms with van der Waals surface area (Å²) in [6.07, 6.45) is -0.543. The molecule has 0 radical (unpaired) electrons. The number of carbonyl (C=O) groups is 2. The molecule has 0 unspecified atom stereocenters. The van der Waals surface area contributed by atoms with E-state index >= 15 is 0 Å². The van der Waals surface area contributed by atoms with E-state index in [0.29, 0.717) is 12.2 Å². The van der Waals surface area contributed by atoms with Crippen molar-refractivity contribution in [3.8, 4) is 11.5 Å². The Balaban J connectivity index is 1.54. The summed E-state index contributed by atoms with van der Waals surface area (Å²) in [5.41, 5.74) is 3.09. The van der Waals surface area contributed by atoms with Gasteiger partial charge in [-0.15, -0.1) is 0 Å². The molecule has 0 spiro atoms. The molecule has 3 aromatic rings. The molecule has 0 saturated heterocycles. The lowest BCUT2D eigenvalue weighted by atomic mass is 9.94. The Bertz CT molecular complexity index is 1270. The van der Waals surface area contributed by atoms with Crippen LogP contribution in [0.5, 0.6) is 11.5 Å². The summed E-state index contributed by atoms with van der Waals surface area (Å²) in [5, 5.41) is 25.3. The van der Waals surface area contributed by atoms with Crippen molar-refractivity contribution in [2.45, 2.75) is 25.3 Å². The number of aliphatic hydroxyl groups excluding tert-OH is 1. The molecule has 0 fully saturated rings. The van der Waals surface area contributed by atoms with E-state index in [-0.39, 0.29) is 36.1 Å². The summed E-state index contributed by atoms with van der Waals surface area (Å²) in [4.78, 5) is 28.3. The Morgan fingerprint density at radius 2 is 1.97 bits per heavy atom. The van der Waals surface area contributed by atoms with Crippen LogP contribution in [-0.4, -0.2) is 53.0 Å². The van der Waals surface area contributed by atoms with Gasteiger partial charge in [-0.2, -0.15) is 11.3 Å². The Hall–Kier alpha value is -3.82. The third-order valence-corrected chi connectivity index (χ3v) is 7.02. The minimum Gasteiger partial charge on any atom is -0.493 e. The van der Waals surface area contributed by atoms with Crippen molar-refractivity contribution >= 4 is 34.6 Å². The number of anilines is 1. The van der Waals surface area contributed by atoms with Crippen LogP contribution in [-0.2, 0) is 6.61 Å². The molecule has 0 saturated carbocycles. The molecule has 3 heterocycles. The minimum absolute atomic E-state index is 0.0605. The molecule has 2 amide bonds. The number of amides is 2. The molecule has 35 heavy (non-hydrogen) atoms. The number of nitrogens with zero attached hydrogens (tertiary/aromatic N) is 2. The van der Waals surface area contributed by atoms with E-state index in [2.05, 4.69) is 0 Å². The Morgan fingerprint density at radius 3 is 2.66 bits per heavy atom. The molecule has 2 aromatic carbocycles. The number of benzene rings is 2. The first-order valence-electron chi connectivity index (χ1n) is 11.1. The number of fused-ring (bicyclic) bond motifs is 2. The van der Waals surface area contributed by atoms with Crippen LogP contribution in [0.2, 0.25) is 0 Å². The quantitative estimate of drug-likeness (QED) is 0.546. The third-order valence-electron chi connectivity index (χ3n) is 6.34. The molecule has 2 atom stereocenters. The first-order valence-corrected chi connectivity index (χ1v) is 12.0. The number of hydrogen-bond donors (Lipinski definition) is 2. The SMILES string of the molecule is COc1cc2c(cc1OCc1ccccc1)N(C(=O)O)[C@@H](O)[C@@H]1CC(c3ccsc3)=CCN1C2=O. The molecule has 180 valence electrons. The van der Waals surface area contributed by atoms with E-state index in [0.717, 1.165) is 21.6 Å². The second-order valence-corrected chi connectivity index (χ2v) is 9.11. The molecule has 5 rings (SSSR count). The van der Waals surface area contributed by atoms with Crippen molar-refractivity contribution in [2.75, 3.05) is 18.6 Å². The molecular formula is C26H24N2O6S. The maximum atomic E-state index is 13.6. The Labute approximate surface area is 206 Å². The summed E-state index contributed by atoms with van der Waals surface area (Å²) in [7, 11) is 1.46. The second-order valence-electron chi connectivity index (χ2n) is 8.33. The second kappa shape index (κ2) is 9.44. The smallest absolute Gasteiger partial charge is 0.414 e. The molecule has 0 aliphatic carbocycles. The van der Waals surface area contributed by atoms with Crippen LogP contribution >= 0.6 is 11.3 Å². The standard InChI is InChI=1S/C26H24N2O6S/c1-33-22-12-19-20(13-23(22)34-14-16-5-3-2-4-6-16)28(26(31)32)25(30)21-11-17(18-8-10-35-15-18)7-9-27(21)24(19)29/h2-8,10,12-13,15,21,25,30H,9,11,14H2,1H3,(H,31,32)/t21-,25-/m0/s1.